The van der Waals surface area contributed by atoms with E-state index in [0.717, 1.165) is 51.2 Å². The van der Waals surface area contributed by atoms with E-state index in [0.29, 0.717) is 0 Å². The van der Waals surface area contributed by atoms with Crippen LogP contribution in [0, 0.1) is 17.3 Å². The van der Waals surface area contributed by atoms with Crippen molar-refractivity contribution in [2.24, 2.45) is 17.3 Å². The van der Waals surface area contributed by atoms with Crippen molar-refractivity contribution in [2.45, 2.75) is 54.4 Å². The summed E-state index contributed by atoms with van der Waals surface area (Å²) >= 11 is 0. The number of anilines is 2. The molecule has 1 atom stereocenters. The summed E-state index contributed by atoms with van der Waals surface area (Å²) in [6.45, 7) is 23.8. The molecule has 2 heterocycles. The van der Waals surface area contributed by atoms with Crippen LogP contribution in [0.5, 0.6) is 0 Å². The summed E-state index contributed by atoms with van der Waals surface area (Å²) in [5.74, 6) is 1.47. The van der Waals surface area contributed by atoms with Crippen molar-refractivity contribution in [3.8, 4) is 0 Å². The van der Waals surface area contributed by atoms with Crippen LogP contribution in [0.15, 0.2) is 23.8 Å². The van der Waals surface area contributed by atoms with Gasteiger partial charge in [0, 0.05) is 62.8 Å². The number of halogens is 1. The lowest BCUT2D eigenvalue weighted by atomic mass is 9.65. The monoisotopic (exact) mass is 475 g/mol. The Kier molecular flexibility index (Phi) is 8.80. The van der Waals surface area contributed by atoms with Crippen LogP contribution in [-0.4, -0.2) is 63.9 Å². The molecule has 1 unspecified atom stereocenters. The van der Waals surface area contributed by atoms with E-state index in [4.69, 9.17) is 4.74 Å². The minimum Gasteiger partial charge on any atom is -0.378 e. The molecule has 5 heteroatoms. The number of hydrogen-bond acceptors (Lipinski definition) is 4. The summed E-state index contributed by atoms with van der Waals surface area (Å²) in [5, 5.41) is 0. The Hall–Kier alpha value is -1.23. The predicted octanol–water partition coefficient (Wildman–Crippen LogP) is 5.95. The highest BCUT2D eigenvalue weighted by molar-refractivity contribution is 5.85. The van der Waals surface area contributed by atoms with Crippen molar-refractivity contribution in [1.29, 1.82) is 0 Å². The Morgan fingerprint density at radius 1 is 1.00 bits per heavy atom. The zero-order valence-corrected chi connectivity index (χ0v) is 22.6. The molecule has 186 valence electrons. The Labute approximate surface area is 208 Å². The molecular formula is C28H46ClN3O. The van der Waals surface area contributed by atoms with Gasteiger partial charge in [-0.15, -0.1) is 12.4 Å². The number of ether oxygens (including phenoxy) is 1. The predicted molar refractivity (Wildman–Crippen MR) is 145 cm³/mol. The van der Waals surface area contributed by atoms with E-state index in [1.807, 2.05) is 0 Å². The molecule has 1 aliphatic carbocycles. The Bertz CT molecular complexity index is 820. The van der Waals surface area contributed by atoms with Gasteiger partial charge < -0.3 is 14.5 Å². The summed E-state index contributed by atoms with van der Waals surface area (Å²) in [5.41, 5.74) is 7.75. The molecule has 1 aromatic rings. The summed E-state index contributed by atoms with van der Waals surface area (Å²) < 4.78 is 5.62. The molecule has 0 N–H and O–H groups in total. The van der Waals surface area contributed by atoms with Crippen molar-refractivity contribution < 1.29 is 4.74 Å². The van der Waals surface area contributed by atoms with E-state index in [-0.39, 0.29) is 17.8 Å². The zero-order chi connectivity index (χ0) is 22.9. The summed E-state index contributed by atoms with van der Waals surface area (Å²) in [6, 6.07) is 7.28. The standard InChI is InChI=1S/C28H45N3O.ClH/c1-21(2)20-29-11-13-31(14-12-29)27-10-8-24(30-15-17-32-18-16-30)19-26(27)25-9-7-22(3)28(5,6)23(25)4;/h8,10,19,21-22H,7,9,11-18,20H2,1-6H3;1H. The van der Waals surface area contributed by atoms with Gasteiger partial charge in [0.25, 0.3) is 0 Å². The first-order valence-corrected chi connectivity index (χ1v) is 12.9. The highest BCUT2D eigenvalue weighted by Crippen LogP contribution is 2.49. The van der Waals surface area contributed by atoms with E-state index >= 15 is 0 Å². The van der Waals surface area contributed by atoms with Gasteiger partial charge in [-0.2, -0.15) is 0 Å². The molecule has 0 spiro atoms. The highest BCUT2D eigenvalue weighted by atomic mass is 35.5. The SMILES string of the molecule is CC1=C(c2cc(N3CCOCC3)ccc2N2CCN(CC(C)C)CC2)CCC(C)C1(C)C.Cl. The van der Waals surface area contributed by atoms with Crippen LogP contribution >= 0.6 is 12.4 Å². The van der Waals surface area contributed by atoms with Gasteiger partial charge in [-0.25, -0.2) is 0 Å². The van der Waals surface area contributed by atoms with Crippen LogP contribution in [0.1, 0.15) is 59.9 Å². The fraction of sp³-hybridized carbons (Fsp3) is 0.714. The number of morpholine rings is 1. The second-order valence-electron chi connectivity index (χ2n) is 11.2. The lowest BCUT2D eigenvalue weighted by Crippen LogP contribution is -2.47. The van der Waals surface area contributed by atoms with Crippen LogP contribution < -0.4 is 9.80 Å². The molecule has 2 fully saturated rings. The average Bonchev–Trinajstić information content (AvgIpc) is 2.78. The molecule has 4 nitrogen and oxygen atoms in total. The number of rotatable bonds is 5. The van der Waals surface area contributed by atoms with E-state index < -0.39 is 0 Å². The summed E-state index contributed by atoms with van der Waals surface area (Å²) in [4.78, 5) is 7.79. The van der Waals surface area contributed by atoms with Gasteiger partial charge in [0.05, 0.1) is 13.2 Å². The second-order valence-corrected chi connectivity index (χ2v) is 11.2. The number of hydrogen-bond donors (Lipinski definition) is 0. The topological polar surface area (TPSA) is 19.0 Å². The first kappa shape index (κ1) is 26.4. The number of allylic oxidation sites excluding steroid dienone is 2. The maximum Gasteiger partial charge on any atom is 0.0642 e. The average molecular weight is 476 g/mol. The van der Waals surface area contributed by atoms with Crippen LogP contribution in [0.25, 0.3) is 5.57 Å². The van der Waals surface area contributed by atoms with Crippen molar-refractivity contribution in [3.63, 3.8) is 0 Å². The van der Waals surface area contributed by atoms with Gasteiger partial charge in [0.2, 0.25) is 0 Å². The lowest BCUT2D eigenvalue weighted by Gasteiger charge is -2.42. The minimum absolute atomic E-state index is 0. The molecule has 3 aliphatic rings. The fourth-order valence-electron chi connectivity index (χ4n) is 5.75. The molecule has 0 saturated carbocycles. The largest absolute Gasteiger partial charge is 0.378 e. The number of nitrogens with zero attached hydrogens (tertiary/aromatic N) is 3. The Morgan fingerprint density at radius 3 is 2.30 bits per heavy atom. The molecular weight excluding hydrogens is 430 g/mol. The van der Waals surface area contributed by atoms with Crippen LogP contribution in [0.4, 0.5) is 11.4 Å². The third-order valence-electron chi connectivity index (χ3n) is 8.50. The Morgan fingerprint density at radius 2 is 1.67 bits per heavy atom. The second kappa shape index (κ2) is 11.0. The molecule has 2 saturated heterocycles. The van der Waals surface area contributed by atoms with Gasteiger partial charge in [-0.3, -0.25) is 4.90 Å². The smallest absolute Gasteiger partial charge is 0.0642 e. The first-order chi connectivity index (χ1) is 15.3. The third kappa shape index (κ3) is 5.71. The molecule has 2 aliphatic heterocycles. The summed E-state index contributed by atoms with van der Waals surface area (Å²) in [6.07, 6.45) is 2.48. The van der Waals surface area contributed by atoms with Crippen molar-refractivity contribution >= 4 is 29.4 Å². The van der Waals surface area contributed by atoms with Gasteiger partial charge in [0.1, 0.15) is 0 Å². The van der Waals surface area contributed by atoms with E-state index in [2.05, 4.69) is 74.4 Å². The van der Waals surface area contributed by atoms with Crippen molar-refractivity contribution in [2.75, 3.05) is 68.8 Å². The molecule has 0 radical (unpaired) electrons. The van der Waals surface area contributed by atoms with Crippen molar-refractivity contribution in [3.05, 3.63) is 29.3 Å². The molecule has 4 rings (SSSR count). The molecule has 33 heavy (non-hydrogen) atoms. The maximum atomic E-state index is 5.62. The van der Waals surface area contributed by atoms with E-state index in [9.17, 15) is 0 Å². The maximum absolute atomic E-state index is 5.62. The Balaban J connectivity index is 0.00000306. The number of piperazine rings is 1. The lowest BCUT2D eigenvalue weighted by molar-refractivity contribution is 0.122. The van der Waals surface area contributed by atoms with Crippen LogP contribution in [0.3, 0.4) is 0 Å². The quantitative estimate of drug-likeness (QED) is 0.523. The van der Waals surface area contributed by atoms with Crippen LogP contribution in [-0.2, 0) is 4.74 Å². The normalized spacial score (nSPS) is 24.3. The van der Waals surface area contributed by atoms with E-state index in [1.165, 1.54) is 49.4 Å². The zero-order valence-electron chi connectivity index (χ0n) is 21.8. The van der Waals surface area contributed by atoms with Gasteiger partial charge in [-0.05, 0) is 60.8 Å². The van der Waals surface area contributed by atoms with Gasteiger partial charge in [0.15, 0.2) is 0 Å². The minimum atomic E-state index is 0. The molecule has 0 amide bonds. The first-order valence-electron chi connectivity index (χ1n) is 12.9. The van der Waals surface area contributed by atoms with Crippen LogP contribution in [0.2, 0.25) is 0 Å². The highest BCUT2D eigenvalue weighted by Gasteiger charge is 2.35. The summed E-state index contributed by atoms with van der Waals surface area (Å²) in [7, 11) is 0. The number of benzene rings is 1. The fourth-order valence-corrected chi connectivity index (χ4v) is 5.75. The molecule has 0 aromatic heterocycles. The third-order valence-corrected chi connectivity index (χ3v) is 8.50. The molecule has 0 bridgehead atoms. The van der Waals surface area contributed by atoms with E-state index in [1.54, 1.807) is 11.1 Å². The van der Waals surface area contributed by atoms with Crippen molar-refractivity contribution in [1.82, 2.24) is 4.90 Å². The molecule has 1 aromatic carbocycles. The van der Waals surface area contributed by atoms with Gasteiger partial charge >= 0.3 is 0 Å². The van der Waals surface area contributed by atoms with Gasteiger partial charge in [-0.1, -0.05) is 40.2 Å².